The molecule has 0 radical (unpaired) electrons. The predicted molar refractivity (Wildman–Crippen MR) is 214 cm³/mol. The molecule has 0 unspecified atom stereocenters. The van der Waals surface area contributed by atoms with Gasteiger partial charge in [0.05, 0.1) is 5.52 Å². The zero-order valence-electron chi connectivity index (χ0n) is 27.3. The van der Waals surface area contributed by atoms with E-state index in [9.17, 15) is 0 Å². The van der Waals surface area contributed by atoms with Crippen LogP contribution in [0.1, 0.15) is 0 Å². The number of fused-ring (bicyclic) bond motifs is 6. The van der Waals surface area contributed by atoms with E-state index in [1.807, 2.05) is 0 Å². The topological polar surface area (TPSA) is 12.9 Å². The molecule has 0 aliphatic heterocycles. The third-order valence-electron chi connectivity index (χ3n) is 10.3. The molecule has 0 bridgehead atoms. The molecule has 0 atom stereocenters. The van der Waals surface area contributed by atoms with Crippen molar-refractivity contribution in [2.75, 3.05) is 0 Å². The number of benzene rings is 9. The smallest absolute Gasteiger partial charge is 0.0708 e. The van der Waals surface area contributed by atoms with Crippen LogP contribution in [-0.2, 0) is 0 Å². The van der Waals surface area contributed by atoms with E-state index in [0.717, 1.165) is 16.3 Å². The van der Waals surface area contributed by atoms with Gasteiger partial charge >= 0.3 is 0 Å². The van der Waals surface area contributed by atoms with E-state index >= 15 is 0 Å². The molecule has 1 heteroatoms. The molecule has 0 aliphatic carbocycles. The van der Waals surface area contributed by atoms with E-state index in [-0.39, 0.29) is 0 Å². The van der Waals surface area contributed by atoms with Crippen molar-refractivity contribution in [3.05, 3.63) is 188 Å². The molecule has 1 nitrogen and oxygen atoms in total. The summed E-state index contributed by atoms with van der Waals surface area (Å²) in [5.74, 6) is 0. The van der Waals surface area contributed by atoms with Crippen LogP contribution in [0.5, 0.6) is 0 Å². The van der Waals surface area contributed by atoms with E-state index in [4.69, 9.17) is 4.98 Å². The van der Waals surface area contributed by atoms with Gasteiger partial charge in [0.1, 0.15) is 0 Å². The van der Waals surface area contributed by atoms with Gasteiger partial charge in [-0.25, -0.2) is 0 Å². The van der Waals surface area contributed by atoms with E-state index < -0.39 is 0 Å². The standard InChI is InChI=1S/C49H31N/c1-3-15-34-29-36(27-25-32(34)13-1)38-17-5-7-19-40(38)47-42-21-9-10-22-43(42)48(49-44-23-11-12-24-46(44)50-31-45(47)49)41-20-8-6-18-39(41)37-28-26-33-14-2-4-16-35(33)30-37/h1-31H. The van der Waals surface area contributed by atoms with E-state index in [2.05, 4.69) is 188 Å². The van der Waals surface area contributed by atoms with Crippen LogP contribution in [0, 0.1) is 0 Å². The molecule has 0 spiro atoms. The Labute approximate surface area is 290 Å². The number of nitrogens with zero attached hydrogens (tertiary/aromatic N) is 1. The van der Waals surface area contributed by atoms with Crippen molar-refractivity contribution < 1.29 is 0 Å². The highest BCUT2D eigenvalue weighted by molar-refractivity contribution is 6.28. The summed E-state index contributed by atoms with van der Waals surface area (Å²) in [6.07, 6.45) is 2.11. The average Bonchev–Trinajstić information content (AvgIpc) is 3.19. The minimum atomic E-state index is 0.994. The first-order valence-electron chi connectivity index (χ1n) is 17.2. The van der Waals surface area contributed by atoms with Crippen LogP contribution in [0.25, 0.3) is 98.5 Å². The van der Waals surface area contributed by atoms with Crippen molar-refractivity contribution in [3.8, 4) is 44.5 Å². The number of hydrogen-bond donors (Lipinski definition) is 0. The fourth-order valence-electron chi connectivity index (χ4n) is 7.99. The summed E-state index contributed by atoms with van der Waals surface area (Å²) in [5.41, 5.74) is 10.7. The molecule has 232 valence electrons. The Balaban J connectivity index is 1.33. The molecule has 0 N–H and O–H groups in total. The molecule has 10 rings (SSSR count). The second kappa shape index (κ2) is 11.5. The normalized spacial score (nSPS) is 11.6. The number of pyridine rings is 1. The minimum Gasteiger partial charge on any atom is -0.256 e. The molecule has 0 saturated carbocycles. The minimum absolute atomic E-state index is 0.994. The Morgan fingerprint density at radius 1 is 0.300 bits per heavy atom. The first kappa shape index (κ1) is 28.4. The van der Waals surface area contributed by atoms with Gasteiger partial charge in [0.2, 0.25) is 0 Å². The van der Waals surface area contributed by atoms with Crippen molar-refractivity contribution in [3.63, 3.8) is 0 Å². The maximum Gasteiger partial charge on any atom is 0.0708 e. The van der Waals surface area contributed by atoms with Crippen molar-refractivity contribution in [2.24, 2.45) is 0 Å². The molecular formula is C49H31N. The lowest BCUT2D eigenvalue weighted by atomic mass is 9.81. The van der Waals surface area contributed by atoms with Gasteiger partial charge in [-0.1, -0.05) is 164 Å². The van der Waals surface area contributed by atoms with Crippen molar-refractivity contribution >= 4 is 54.0 Å². The Kier molecular flexibility index (Phi) is 6.57. The monoisotopic (exact) mass is 633 g/mol. The van der Waals surface area contributed by atoms with Gasteiger partial charge in [0.15, 0.2) is 0 Å². The lowest BCUT2D eigenvalue weighted by Gasteiger charge is -2.22. The number of hydrogen-bond acceptors (Lipinski definition) is 1. The zero-order valence-corrected chi connectivity index (χ0v) is 27.3. The van der Waals surface area contributed by atoms with Gasteiger partial charge in [0, 0.05) is 22.4 Å². The Morgan fingerprint density at radius 2 is 0.740 bits per heavy atom. The number of aromatic nitrogens is 1. The predicted octanol–water partition coefficient (Wildman–Crippen LogP) is 13.5. The molecular weight excluding hydrogens is 603 g/mol. The van der Waals surface area contributed by atoms with E-state index in [1.165, 1.54) is 82.2 Å². The van der Waals surface area contributed by atoms with Crippen LogP contribution in [0.3, 0.4) is 0 Å². The fourth-order valence-corrected chi connectivity index (χ4v) is 7.99. The maximum absolute atomic E-state index is 5.10. The highest BCUT2D eigenvalue weighted by Crippen LogP contribution is 2.49. The summed E-state index contributed by atoms with van der Waals surface area (Å²) in [4.78, 5) is 5.10. The van der Waals surface area contributed by atoms with Crippen LogP contribution in [-0.4, -0.2) is 4.98 Å². The lowest BCUT2D eigenvalue weighted by molar-refractivity contribution is 1.45. The third kappa shape index (κ3) is 4.52. The highest BCUT2D eigenvalue weighted by atomic mass is 14.7. The van der Waals surface area contributed by atoms with Gasteiger partial charge in [-0.3, -0.25) is 4.98 Å². The summed E-state index contributed by atoms with van der Waals surface area (Å²) in [5, 5.41) is 11.0. The van der Waals surface area contributed by atoms with Crippen LogP contribution in [0.15, 0.2) is 188 Å². The van der Waals surface area contributed by atoms with E-state index in [0.29, 0.717) is 0 Å². The lowest BCUT2D eigenvalue weighted by Crippen LogP contribution is -1.96. The van der Waals surface area contributed by atoms with Crippen LogP contribution in [0.2, 0.25) is 0 Å². The Morgan fingerprint density at radius 3 is 1.34 bits per heavy atom. The summed E-state index contributed by atoms with van der Waals surface area (Å²) in [7, 11) is 0. The van der Waals surface area contributed by atoms with Crippen LogP contribution < -0.4 is 0 Å². The Hall–Kier alpha value is -6.57. The maximum atomic E-state index is 5.10. The second-order valence-electron chi connectivity index (χ2n) is 13.1. The van der Waals surface area contributed by atoms with Gasteiger partial charge in [-0.2, -0.15) is 0 Å². The molecule has 1 heterocycles. The molecule has 9 aromatic carbocycles. The molecule has 0 aliphatic rings. The van der Waals surface area contributed by atoms with Crippen LogP contribution >= 0.6 is 0 Å². The molecule has 0 fully saturated rings. The first-order valence-corrected chi connectivity index (χ1v) is 17.2. The summed E-state index contributed by atoms with van der Waals surface area (Å²) >= 11 is 0. The highest BCUT2D eigenvalue weighted by Gasteiger charge is 2.22. The molecule has 0 saturated heterocycles. The quantitative estimate of drug-likeness (QED) is 0.139. The van der Waals surface area contributed by atoms with Gasteiger partial charge in [-0.15, -0.1) is 0 Å². The van der Waals surface area contributed by atoms with Crippen molar-refractivity contribution in [1.82, 2.24) is 4.98 Å². The SMILES string of the molecule is c1ccc(-c2c3ccccc3c(-c3ccccc3-c3ccc4ccccc4c3)c3c2cnc2ccccc23)c(-c2ccc3ccccc3c2)c1. The van der Waals surface area contributed by atoms with Gasteiger partial charge in [0.25, 0.3) is 0 Å². The first-order chi connectivity index (χ1) is 24.8. The zero-order chi connectivity index (χ0) is 33.0. The average molecular weight is 634 g/mol. The molecule has 0 amide bonds. The van der Waals surface area contributed by atoms with Crippen LogP contribution in [0.4, 0.5) is 0 Å². The van der Waals surface area contributed by atoms with Crippen molar-refractivity contribution in [1.29, 1.82) is 0 Å². The molecule has 1 aromatic heterocycles. The summed E-state index contributed by atoms with van der Waals surface area (Å²) in [6.45, 7) is 0. The van der Waals surface area contributed by atoms with E-state index in [1.54, 1.807) is 0 Å². The summed E-state index contributed by atoms with van der Waals surface area (Å²) in [6, 6.07) is 66.1. The Bertz CT molecular complexity index is 2930. The van der Waals surface area contributed by atoms with Crippen molar-refractivity contribution in [2.45, 2.75) is 0 Å². The van der Waals surface area contributed by atoms with Gasteiger partial charge in [-0.05, 0) is 95.0 Å². The second-order valence-corrected chi connectivity index (χ2v) is 13.1. The third-order valence-corrected chi connectivity index (χ3v) is 10.3. The fraction of sp³-hybridized carbons (Fsp3) is 0. The largest absolute Gasteiger partial charge is 0.256 e. The molecule has 50 heavy (non-hydrogen) atoms. The number of rotatable bonds is 4. The summed E-state index contributed by atoms with van der Waals surface area (Å²) < 4.78 is 0. The van der Waals surface area contributed by atoms with Gasteiger partial charge < -0.3 is 0 Å². The molecule has 10 aromatic rings. The number of para-hydroxylation sites is 1.